The lowest BCUT2D eigenvalue weighted by Crippen LogP contribution is -2.01. The number of hydrogen-bond donors (Lipinski definition) is 0. The van der Waals surface area contributed by atoms with Crippen LogP contribution in [0.2, 0.25) is 0 Å². The molecule has 4 heterocycles. The van der Waals surface area contributed by atoms with Crippen molar-refractivity contribution in [2.75, 3.05) is 0 Å². The molecule has 0 amide bonds. The van der Waals surface area contributed by atoms with Gasteiger partial charge in [0.25, 0.3) is 0 Å². The molecular weight excluding hydrogens is 651 g/mol. The molecule has 0 spiro atoms. The van der Waals surface area contributed by atoms with Gasteiger partial charge < -0.3 is 4.57 Å². The molecule has 0 radical (unpaired) electrons. The number of para-hydroxylation sites is 4. The van der Waals surface area contributed by atoms with E-state index in [0.29, 0.717) is 17.5 Å². The van der Waals surface area contributed by atoms with Crippen LogP contribution in [0.3, 0.4) is 0 Å². The smallest absolute Gasteiger partial charge is 0.220 e. The van der Waals surface area contributed by atoms with Crippen LogP contribution in [0.1, 0.15) is 0 Å². The van der Waals surface area contributed by atoms with Crippen molar-refractivity contribution in [2.45, 2.75) is 0 Å². The summed E-state index contributed by atoms with van der Waals surface area (Å²) in [5.74, 6) is 2.78. The van der Waals surface area contributed by atoms with Gasteiger partial charge in [-0.25, -0.2) is 19.9 Å². The zero-order chi connectivity index (χ0) is 34.9. The monoisotopic (exact) mass is 679 g/mol. The van der Waals surface area contributed by atoms with Crippen molar-refractivity contribution in [2.24, 2.45) is 0 Å². The minimum Gasteiger partial charge on any atom is -0.309 e. The molecule has 0 bridgehead atoms. The van der Waals surface area contributed by atoms with E-state index >= 15 is 0 Å². The summed E-state index contributed by atoms with van der Waals surface area (Å²) in [6, 6.07) is 60.8. The van der Waals surface area contributed by atoms with Crippen LogP contribution in [-0.2, 0) is 0 Å². The summed E-state index contributed by atoms with van der Waals surface area (Å²) >= 11 is 0. The summed E-state index contributed by atoms with van der Waals surface area (Å²) in [4.78, 5) is 20.2. The molecule has 7 aromatic carbocycles. The maximum absolute atomic E-state index is 5.31. The molecule has 7 heteroatoms. The number of aromatic nitrogens is 7. The number of rotatable bonds is 5. The fourth-order valence-electron chi connectivity index (χ4n) is 7.70. The first kappa shape index (κ1) is 29.4. The molecule has 11 aromatic rings. The Kier molecular flexibility index (Phi) is 6.42. The molecule has 0 N–H and O–H groups in total. The third kappa shape index (κ3) is 4.61. The molecule has 248 valence electrons. The van der Waals surface area contributed by atoms with Gasteiger partial charge in [0.15, 0.2) is 17.5 Å². The van der Waals surface area contributed by atoms with E-state index < -0.39 is 0 Å². The molecule has 0 aliphatic carbocycles. The Bertz CT molecular complexity index is 3100. The lowest BCUT2D eigenvalue weighted by molar-refractivity contribution is 1.07. The van der Waals surface area contributed by atoms with Gasteiger partial charge in [-0.3, -0.25) is 8.97 Å². The lowest BCUT2D eigenvalue weighted by atomic mass is 10.1. The first-order valence-electron chi connectivity index (χ1n) is 17.7. The molecule has 4 aromatic heterocycles. The zero-order valence-electron chi connectivity index (χ0n) is 28.4. The number of fused-ring (bicyclic) bond motifs is 8. The maximum atomic E-state index is 5.31. The number of nitrogens with zero attached hydrogens (tertiary/aromatic N) is 7. The molecule has 7 nitrogen and oxygen atoms in total. The Hall–Kier alpha value is -7.38. The summed E-state index contributed by atoms with van der Waals surface area (Å²) in [6.45, 7) is 0. The van der Waals surface area contributed by atoms with Gasteiger partial charge in [0, 0.05) is 38.8 Å². The molecule has 0 saturated heterocycles. The average molecular weight is 680 g/mol. The van der Waals surface area contributed by atoms with Gasteiger partial charge >= 0.3 is 0 Å². The molecule has 0 fully saturated rings. The van der Waals surface area contributed by atoms with Gasteiger partial charge in [-0.05, 0) is 54.6 Å². The highest BCUT2D eigenvalue weighted by Crippen LogP contribution is 2.38. The van der Waals surface area contributed by atoms with Gasteiger partial charge in [-0.15, -0.1) is 0 Å². The molecule has 0 unspecified atom stereocenters. The van der Waals surface area contributed by atoms with Gasteiger partial charge in [0.2, 0.25) is 5.78 Å². The SMILES string of the molecule is c1ccc(-c2nc(-c3ccccc3)nc(-c3cccc(-n4c5ccccc5c5cc6c(cc54)nc4n(-c5ccccc5)c5ccccc5n64)c3)n2)cc1. The molecule has 0 atom stereocenters. The first-order valence-corrected chi connectivity index (χ1v) is 17.7. The normalized spacial score (nSPS) is 11.8. The number of hydrogen-bond acceptors (Lipinski definition) is 4. The summed E-state index contributed by atoms with van der Waals surface area (Å²) in [6.07, 6.45) is 0. The second-order valence-corrected chi connectivity index (χ2v) is 13.2. The Labute approximate surface area is 303 Å². The Morgan fingerprint density at radius 1 is 0.321 bits per heavy atom. The summed E-state index contributed by atoms with van der Waals surface area (Å²) in [5.41, 5.74) is 11.3. The van der Waals surface area contributed by atoms with Gasteiger partial charge in [0.1, 0.15) is 0 Å². The molecule has 0 aliphatic rings. The van der Waals surface area contributed by atoms with E-state index in [0.717, 1.165) is 72.3 Å². The van der Waals surface area contributed by atoms with Gasteiger partial charge in [-0.2, -0.15) is 0 Å². The molecule has 53 heavy (non-hydrogen) atoms. The Balaban J connectivity index is 1.14. The van der Waals surface area contributed by atoms with Crippen molar-refractivity contribution in [3.8, 4) is 45.5 Å². The van der Waals surface area contributed by atoms with Crippen LogP contribution in [-0.4, -0.2) is 33.5 Å². The van der Waals surface area contributed by atoms with Crippen LogP contribution < -0.4 is 0 Å². The number of benzene rings is 7. The minimum absolute atomic E-state index is 0.618. The molecule has 11 rings (SSSR count). The van der Waals surface area contributed by atoms with Crippen LogP contribution >= 0.6 is 0 Å². The first-order chi connectivity index (χ1) is 26.3. The fourth-order valence-corrected chi connectivity index (χ4v) is 7.70. The lowest BCUT2D eigenvalue weighted by Gasteiger charge is -2.11. The van der Waals surface area contributed by atoms with Crippen LogP contribution in [0.25, 0.3) is 95.2 Å². The summed E-state index contributed by atoms with van der Waals surface area (Å²) in [7, 11) is 0. The third-order valence-corrected chi connectivity index (χ3v) is 10.1. The van der Waals surface area contributed by atoms with Crippen LogP contribution in [0.5, 0.6) is 0 Å². The molecular formula is C46H29N7. The predicted molar refractivity (Wildman–Crippen MR) is 214 cm³/mol. The second kappa shape index (κ2) is 11.6. The zero-order valence-corrected chi connectivity index (χ0v) is 28.4. The van der Waals surface area contributed by atoms with E-state index in [1.54, 1.807) is 0 Å². The topological polar surface area (TPSA) is 65.8 Å². The molecule has 0 saturated carbocycles. The van der Waals surface area contributed by atoms with Crippen molar-refractivity contribution < 1.29 is 0 Å². The highest BCUT2D eigenvalue weighted by Gasteiger charge is 2.21. The quantitative estimate of drug-likeness (QED) is 0.182. The van der Waals surface area contributed by atoms with Crippen LogP contribution in [0, 0.1) is 0 Å². The van der Waals surface area contributed by atoms with Crippen LogP contribution in [0.4, 0.5) is 0 Å². The van der Waals surface area contributed by atoms with Crippen molar-refractivity contribution in [3.63, 3.8) is 0 Å². The van der Waals surface area contributed by atoms with Crippen molar-refractivity contribution in [1.29, 1.82) is 0 Å². The second-order valence-electron chi connectivity index (χ2n) is 13.2. The van der Waals surface area contributed by atoms with Crippen molar-refractivity contribution in [1.82, 2.24) is 33.5 Å². The standard InChI is InChI=1S/C46H29N7/c1-4-15-30(16-5-1)43-48-44(31-17-6-2-7-18-31)50-45(49-43)32-19-14-22-34(27-32)51-38-24-11-10-23-35(38)36-28-42-37(29-41(36)51)47-46-52(33-20-8-3-9-21-33)39-25-12-13-26-40(39)53(42)46/h1-29H. The Morgan fingerprint density at radius 3 is 1.57 bits per heavy atom. The maximum Gasteiger partial charge on any atom is 0.220 e. The molecule has 0 aliphatic heterocycles. The minimum atomic E-state index is 0.618. The van der Waals surface area contributed by atoms with E-state index in [4.69, 9.17) is 19.9 Å². The largest absolute Gasteiger partial charge is 0.309 e. The van der Waals surface area contributed by atoms with Crippen molar-refractivity contribution >= 4 is 49.7 Å². The Morgan fingerprint density at radius 2 is 0.868 bits per heavy atom. The number of imidazole rings is 2. The van der Waals surface area contributed by atoms with Gasteiger partial charge in [-0.1, -0.05) is 121 Å². The van der Waals surface area contributed by atoms with E-state index in [1.165, 1.54) is 5.39 Å². The summed E-state index contributed by atoms with van der Waals surface area (Å²) < 4.78 is 6.87. The highest BCUT2D eigenvalue weighted by molar-refractivity contribution is 6.13. The van der Waals surface area contributed by atoms with E-state index in [1.807, 2.05) is 66.7 Å². The predicted octanol–water partition coefficient (Wildman–Crippen LogP) is 10.7. The average Bonchev–Trinajstić information content (AvgIpc) is 3.87. The summed E-state index contributed by atoms with van der Waals surface area (Å²) in [5, 5.41) is 2.34. The third-order valence-electron chi connectivity index (χ3n) is 10.1. The van der Waals surface area contributed by atoms with E-state index in [-0.39, 0.29) is 0 Å². The fraction of sp³-hybridized carbons (Fsp3) is 0. The van der Waals surface area contributed by atoms with E-state index in [9.17, 15) is 0 Å². The highest BCUT2D eigenvalue weighted by atomic mass is 15.2. The van der Waals surface area contributed by atoms with Crippen LogP contribution in [0.15, 0.2) is 176 Å². The van der Waals surface area contributed by atoms with Crippen molar-refractivity contribution in [3.05, 3.63) is 176 Å². The van der Waals surface area contributed by atoms with Gasteiger partial charge in [0.05, 0.1) is 33.1 Å². The van der Waals surface area contributed by atoms with E-state index in [2.05, 4.69) is 123 Å².